The Labute approximate surface area is 212 Å². The lowest BCUT2D eigenvalue weighted by atomic mass is 9.95. The van der Waals surface area contributed by atoms with Crippen molar-refractivity contribution in [1.82, 2.24) is 14.5 Å². The zero-order valence-electron chi connectivity index (χ0n) is 21.5. The van der Waals surface area contributed by atoms with E-state index in [1.807, 2.05) is 22.8 Å². The molecule has 0 aliphatic rings. The van der Waals surface area contributed by atoms with Crippen LogP contribution in [0.2, 0.25) is 0 Å². The van der Waals surface area contributed by atoms with E-state index in [-0.39, 0.29) is 18.0 Å². The molecule has 3 aromatic carbocycles. The molecule has 0 spiro atoms. The third-order valence-corrected chi connectivity index (χ3v) is 6.82. The predicted octanol–water partition coefficient (Wildman–Crippen LogP) is 4.68. The Bertz CT molecular complexity index is 1380. The van der Waals surface area contributed by atoms with E-state index in [1.54, 1.807) is 0 Å². The first-order chi connectivity index (χ1) is 17.3. The normalized spacial score (nSPS) is 13.2. The molecule has 188 valence electrons. The van der Waals surface area contributed by atoms with Crippen molar-refractivity contribution in [3.8, 4) is 0 Å². The second-order valence-corrected chi connectivity index (χ2v) is 9.96. The number of aliphatic hydroxyl groups excluding tert-OH is 1. The average molecular weight is 485 g/mol. The summed E-state index contributed by atoms with van der Waals surface area (Å²) in [6, 6.07) is 24.8. The molecule has 0 saturated heterocycles. The van der Waals surface area contributed by atoms with Crippen LogP contribution < -0.4 is 10.9 Å². The van der Waals surface area contributed by atoms with E-state index in [0.717, 1.165) is 16.6 Å². The first-order valence-corrected chi connectivity index (χ1v) is 12.6. The van der Waals surface area contributed by atoms with Crippen LogP contribution in [0.3, 0.4) is 0 Å². The third kappa shape index (κ3) is 5.29. The zero-order chi connectivity index (χ0) is 25.8. The number of hydrogen-bond donors (Lipinski definition) is 3. The van der Waals surface area contributed by atoms with Crippen molar-refractivity contribution < 1.29 is 9.90 Å². The fourth-order valence-electron chi connectivity index (χ4n) is 5.00. The molecule has 1 heterocycles. The largest absolute Gasteiger partial charge is 0.387 e. The standard InChI is InChI=1S/C30H36N4O2/c1-20(2)29(24-15-11-22(4)12-16-24)34-27-8-6-5-7-26(27)33(30(34)31)25(18-32-28(36)19-35)17-23-13-9-21(3)10-14-23/h5-16,20,25,29,31,35H,17-19H2,1-4H3,(H,32,36)/t25-,29?/m0/s1. The average Bonchev–Trinajstić information content (AvgIpc) is 3.15. The van der Waals surface area contributed by atoms with E-state index in [0.29, 0.717) is 18.6 Å². The van der Waals surface area contributed by atoms with Gasteiger partial charge in [0.05, 0.1) is 23.1 Å². The minimum absolute atomic E-state index is 0.0173. The van der Waals surface area contributed by atoms with Crippen LogP contribution in [-0.2, 0) is 11.2 Å². The molecule has 0 fully saturated rings. The van der Waals surface area contributed by atoms with Gasteiger partial charge in [-0.1, -0.05) is 85.6 Å². The maximum absolute atomic E-state index is 12.0. The molecule has 36 heavy (non-hydrogen) atoms. The Kier molecular flexibility index (Phi) is 7.75. The van der Waals surface area contributed by atoms with Gasteiger partial charge in [-0.25, -0.2) is 0 Å². The number of para-hydroxylation sites is 2. The second kappa shape index (κ2) is 11.0. The monoisotopic (exact) mass is 484 g/mol. The third-order valence-electron chi connectivity index (χ3n) is 6.82. The SMILES string of the molecule is Cc1ccc(C[C@@H](CNC(=O)CO)n2c(=N)n(C(c3ccc(C)cc3)C(C)C)c3ccccc32)cc1. The number of benzene rings is 3. The molecule has 6 nitrogen and oxygen atoms in total. The number of amides is 1. The fourth-order valence-corrected chi connectivity index (χ4v) is 5.00. The molecular formula is C30H36N4O2. The zero-order valence-corrected chi connectivity index (χ0v) is 21.5. The maximum atomic E-state index is 12.0. The number of fused-ring (bicyclic) bond motifs is 1. The van der Waals surface area contributed by atoms with Crippen LogP contribution in [0.15, 0.2) is 72.8 Å². The van der Waals surface area contributed by atoms with Crippen LogP contribution in [0.25, 0.3) is 11.0 Å². The van der Waals surface area contributed by atoms with E-state index in [1.165, 1.54) is 16.7 Å². The smallest absolute Gasteiger partial charge is 0.245 e. The van der Waals surface area contributed by atoms with E-state index in [9.17, 15) is 15.3 Å². The highest BCUT2D eigenvalue weighted by Gasteiger charge is 2.26. The molecule has 0 radical (unpaired) electrons. The highest BCUT2D eigenvalue weighted by atomic mass is 16.3. The number of carbonyl (C=O) groups excluding carboxylic acids is 1. The van der Waals surface area contributed by atoms with E-state index in [2.05, 4.69) is 92.2 Å². The summed E-state index contributed by atoms with van der Waals surface area (Å²) >= 11 is 0. The molecule has 2 atom stereocenters. The number of hydrogen-bond acceptors (Lipinski definition) is 3. The van der Waals surface area contributed by atoms with Gasteiger partial charge in [0.2, 0.25) is 11.5 Å². The molecule has 0 bridgehead atoms. The summed E-state index contributed by atoms with van der Waals surface area (Å²) in [7, 11) is 0. The molecule has 0 saturated carbocycles. The summed E-state index contributed by atoms with van der Waals surface area (Å²) in [5.41, 5.74) is 7.03. The summed E-state index contributed by atoms with van der Waals surface area (Å²) in [6.45, 7) is 8.28. The number of nitrogens with zero attached hydrogens (tertiary/aromatic N) is 2. The van der Waals surface area contributed by atoms with E-state index in [4.69, 9.17) is 0 Å². The minimum Gasteiger partial charge on any atom is -0.387 e. The van der Waals surface area contributed by atoms with Gasteiger partial charge in [-0.2, -0.15) is 0 Å². The molecule has 4 aromatic rings. The van der Waals surface area contributed by atoms with Gasteiger partial charge in [-0.05, 0) is 49.4 Å². The van der Waals surface area contributed by atoms with Crippen molar-refractivity contribution in [2.24, 2.45) is 5.92 Å². The maximum Gasteiger partial charge on any atom is 0.245 e. The van der Waals surface area contributed by atoms with Gasteiger partial charge in [0.15, 0.2) is 0 Å². The van der Waals surface area contributed by atoms with Crippen molar-refractivity contribution in [1.29, 1.82) is 5.41 Å². The van der Waals surface area contributed by atoms with Crippen LogP contribution in [0, 0.1) is 25.2 Å². The molecule has 1 aromatic heterocycles. The van der Waals surface area contributed by atoms with Crippen LogP contribution in [0.4, 0.5) is 0 Å². The Balaban J connectivity index is 1.88. The molecule has 0 aliphatic heterocycles. The summed E-state index contributed by atoms with van der Waals surface area (Å²) in [6.07, 6.45) is 0.646. The number of aliphatic hydroxyl groups is 1. The summed E-state index contributed by atoms with van der Waals surface area (Å²) < 4.78 is 4.16. The molecule has 6 heteroatoms. The van der Waals surface area contributed by atoms with Gasteiger partial charge < -0.3 is 19.6 Å². The van der Waals surface area contributed by atoms with Gasteiger partial charge in [0.25, 0.3) is 0 Å². The first-order valence-electron chi connectivity index (χ1n) is 12.6. The Morgan fingerprint density at radius 3 is 2.00 bits per heavy atom. The van der Waals surface area contributed by atoms with Gasteiger partial charge in [-0.3, -0.25) is 10.2 Å². The Hall–Kier alpha value is -3.64. The van der Waals surface area contributed by atoms with E-state index >= 15 is 0 Å². The number of imidazole rings is 1. The van der Waals surface area contributed by atoms with Gasteiger partial charge >= 0.3 is 0 Å². The first kappa shape index (κ1) is 25.5. The lowest BCUT2D eigenvalue weighted by molar-refractivity contribution is -0.123. The van der Waals surface area contributed by atoms with Crippen LogP contribution in [0.1, 0.15) is 48.2 Å². The van der Waals surface area contributed by atoms with Crippen LogP contribution >= 0.6 is 0 Å². The topological polar surface area (TPSA) is 83.0 Å². The molecule has 1 unspecified atom stereocenters. The lowest BCUT2D eigenvalue weighted by Crippen LogP contribution is -2.38. The van der Waals surface area contributed by atoms with Crippen LogP contribution in [-0.4, -0.2) is 33.3 Å². The summed E-state index contributed by atoms with van der Waals surface area (Å²) in [5.74, 6) is -0.162. The van der Waals surface area contributed by atoms with Crippen molar-refractivity contribution in [2.75, 3.05) is 13.2 Å². The quantitative estimate of drug-likeness (QED) is 0.322. The molecule has 1 amide bonds. The molecule has 4 rings (SSSR count). The van der Waals surface area contributed by atoms with Crippen LogP contribution in [0.5, 0.6) is 0 Å². The van der Waals surface area contributed by atoms with Crippen molar-refractivity contribution in [3.05, 3.63) is 101 Å². The van der Waals surface area contributed by atoms with Gasteiger partial charge in [0.1, 0.15) is 6.61 Å². The summed E-state index contributed by atoms with van der Waals surface area (Å²) in [4.78, 5) is 12.0. The molecular weight excluding hydrogens is 448 g/mol. The highest BCUT2D eigenvalue weighted by molar-refractivity contribution is 5.78. The highest BCUT2D eigenvalue weighted by Crippen LogP contribution is 2.30. The van der Waals surface area contributed by atoms with Crippen molar-refractivity contribution in [2.45, 2.75) is 46.2 Å². The van der Waals surface area contributed by atoms with E-state index < -0.39 is 12.5 Å². The number of nitrogens with one attached hydrogen (secondary N) is 2. The predicted molar refractivity (Wildman–Crippen MR) is 144 cm³/mol. The lowest BCUT2D eigenvalue weighted by Gasteiger charge is -2.25. The molecule has 0 aliphatic carbocycles. The fraction of sp³-hybridized carbons (Fsp3) is 0.333. The van der Waals surface area contributed by atoms with Crippen molar-refractivity contribution >= 4 is 16.9 Å². The number of rotatable bonds is 9. The number of aryl methyl sites for hydroxylation is 2. The Morgan fingerprint density at radius 1 is 0.889 bits per heavy atom. The molecule has 3 N–H and O–H groups in total. The number of carbonyl (C=O) groups is 1. The summed E-state index contributed by atoms with van der Waals surface area (Å²) in [5, 5.41) is 21.6. The van der Waals surface area contributed by atoms with Gasteiger partial charge in [-0.15, -0.1) is 0 Å². The minimum atomic E-state index is -0.555. The van der Waals surface area contributed by atoms with Crippen molar-refractivity contribution in [3.63, 3.8) is 0 Å². The number of aromatic nitrogens is 2. The second-order valence-electron chi connectivity index (χ2n) is 9.96. The Morgan fingerprint density at radius 2 is 1.44 bits per heavy atom. The van der Waals surface area contributed by atoms with Gasteiger partial charge in [0, 0.05) is 6.54 Å².